The van der Waals surface area contributed by atoms with Crippen LogP contribution in [0.1, 0.15) is 16.8 Å². The molecule has 0 heterocycles. The van der Waals surface area contributed by atoms with Crippen LogP contribution in [0.5, 0.6) is 0 Å². The molecule has 0 spiro atoms. The highest BCUT2D eigenvalue weighted by Crippen LogP contribution is 2.45. The van der Waals surface area contributed by atoms with Crippen LogP contribution in [0.2, 0.25) is 5.02 Å². The van der Waals surface area contributed by atoms with E-state index < -0.39 is 35.7 Å². The predicted octanol–water partition coefficient (Wildman–Crippen LogP) is 3.77. The summed E-state index contributed by atoms with van der Waals surface area (Å²) in [7, 11) is 0. The average molecular weight is 321 g/mol. The van der Waals surface area contributed by atoms with E-state index in [1.54, 1.807) is 0 Å². The molecule has 0 atom stereocenters. The number of alkyl halides is 6. The molecule has 0 saturated carbocycles. The topological polar surface area (TPSA) is 37.3 Å². The van der Waals surface area contributed by atoms with Gasteiger partial charge >= 0.3 is 12.4 Å². The van der Waals surface area contributed by atoms with Crippen molar-refractivity contribution < 1.29 is 36.2 Å². The molecule has 0 amide bonds. The summed E-state index contributed by atoms with van der Waals surface area (Å²) in [5.41, 5.74) is -5.55. The van der Waals surface area contributed by atoms with Crippen LogP contribution in [0, 0.1) is 0 Å². The van der Waals surface area contributed by atoms with Crippen LogP contribution in [0.25, 0.3) is 0 Å². The molecule has 0 aromatic heterocycles. The second-order valence-corrected chi connectivity index (χ2v) is 4.40. The molecule has 0 aliphatic heterocycles. The number of Topliss-reactive ketones (excluding diaryl/α,β-unsaturated/α-hetero) is 1. The van der Waals surface area contributed by atoms with Gasteiger partial charge in [-0.3, -0.25) is 4.79 Å². The van der Waals surface area contributed by atoms with Gasteiger partial charge in [-0.15, -0.1) is 0 Å². The van der Waals surface area contributed by atoms with E-state index in [4.69, 9.17) is 16.7 Å². The molecule has 1 aromatic rings. The molecule has 1 aromatic carbocycles. The van der Waals surface area contributed by atoms with Crippen molar-refractivity contribution in [1.82, 2.24) is 0 Å². The van der Waals surface area contributed by atoms with Gasteiger partial charge in [0.2, 0.25) is 0 Å². The zero-order valence-corrected chi connectivity index (χ0v) is 10.3. The van der Waals surface area contributed by atoms with Crippen molar-refractivity contribution >= 4 is 17.4 Å². The molecule has 0 radical (unpaired) electrons. The number of hydrogen-bond donors (Lipinski definition) is 1. The Bertz CT molecular complexity index is 494. The Balaban J connectivity index is 3.13. The van der Waals surface area contributed by atoms with Crippen molar-refractivity contribution in [3.05, 3.63) is 34.9 Å². The van der Waals surface area contributed by atoms with Crippen molar-refractivity contribution in [3.63, 3.8) is 0 Å². The van der Waals surface area contributed by atoms with Crippen LogP contribution in [-0.4, -0.2) is 28.8 Å². The largest absolute Gasteiger partial charge is 0.426 e. The lowest BCUT2D eigenvalue weighted by Gasteiger charge is -2.31. The molecule has 1 rings (SSSR count). The zero-order valence-electron chi connectivity index (χ0n) is 9.52. The number of aliphatic hydroxyl groups is 1. The predicted molar refractivity (Wildman–Crippen MR) is 57.5 cm³/mol. The van der Waals surface area contributed by atoms with Gasteiger partial charge in [0.15, 0.2) is 5.78 Å². The highest BCUT2D eigenvalue weighted by atomic mass is 35.5. The maximum Gasteiger partial charge on any atom is 0.426 e. The van der Waals surface area contributed by atoms with Crippen LogP contribution in [0.3, 0.4) is 0 Å². The second kappa shape index (κ2) is 5.25. The van der Waals surface area contributed by atoms with Gasteiger partial charge in [0, 0.05) is 10.6 Å². The molecule has 1 N–H and O–H groups in total. The molecule has 112 valence electrons. The molecular formula is C11H7ClF6O2. The average Bonchev–Trinajstić information content (AvgIpc) is 2.25. The summed E-state index contributed by atoms with van der Waals surface area (Å²) in [6.45, 7) is 0. The van der Waals surface area contributed by atoms with Crippen molar-refractivity contribution in [2.75, 3.05) is 0 Å². The molecule has 0 saturated heterocycles. The van der Waals surface area contributed by atoms with Crippen molar-refractivity contribution in [3.8, 4) is 0 Å². The van der Waals surface area contributed by atoms with Gasteiger partial charge in [-0.1, -0.05) is 23.7 Å². The van der Waals surface area contributed by atoms with E-state index in [0.717, 1.165) is 12.1 Å². The third-order valence-electron chi connectivity index (χ3n) is 2.50. The zero-order chi connectivity index (χ0) is 15.8. The first-order valence-electron chi connectivity index (χ1n) is 5.03. The minimum Gasteiger partial charge on any atom is -0.373 e. The third-order valence-corrected chi connectivity index (χ3v) is 2.74. The van der Waals surface area contributed by atoms with E-state index in [0.29, 0.717) is 0 Å². The van der Waals surface area contributed by atoms with Gasteiger partial charge in [0.05, 0.1) is 6.42 Å². The minimum atomic E-state index is -6.03. The lowest BCUT2D eigenvalue weighted by atomic mass is 9.92. The first-order valence-corrected chi connectivity index (χ1v) is 5.41. The normalized spacial score (nSPS) is 13.4. The molecule has 20 heavy (non-hydrogen) atoms. The van der Waals surface area contributed by atoms with E-state index in [9.17, 15) is 31.1 Å². The van der Waals surface area contributed by atoms with Gasteiger partial charge < -0.3 is 5.11 Å². The standard InChI is InChI=1S/C11H7ClF6O2/c12-7-3-1-2-6(4-7)8(19)5-9(20,10(13,14)15)11(16,17)18/h1-4,20H,5H2. The van der Waals surface area contributed by atoms with Crippen LogP contribution in [0.15, 0.2) is 24.3 Å². The molecular weight excluding hydrogens is 314 g/mol. The summed E-state index contributed by atoms with van der Waals surface area (Å²) >= 11 is 5.48. The number of carbonyl (C=O) groups is 1. The summed E-state index contributed by atoms with van der Waals surface area (Å²) < 4.78 is 74.4. The highest BCUT2D eigenvalue weighted by Gasteiger charge is 2.70. The molecule has 0 aliphatic rings. The summed E-state index contributed by atoms with van der Waals surface area (Å²) in [4.78, 5) is 11.5. The SMILES string of the molecule is O=C(CC(O)(C(F)(F)F)C(F)(F)F)c1cccc(Cl)c1. The van der Waals surface area contributed by atoms with Gasteiger partial charge in [-0.25, -0.2) is 0 Å². The summed E-state index contributed by atoms with van der Waals surface area (Å²) in [6, 6.07) is 4.40. The molecule has 2 nitrogen and oxygen atoms in total. The van der Waals surface area contributed by atoms with Crippen molar-refractivity contribution in [2.45, 2.75) is 24.4 Å². The maximum atomic E-state index is 12.4. The second-order valence-electron chi connectivity index (χ2n) is 3.97. The van der Waals surface area contributed by atoms with E-state index in [2.05, 4.69) is 0 Å². The Hall–Kier alpha value is -1.28. The molecule has 0 aliphatic carbocycles. The monoisotopic (exact) mass is 320 g/mol. The number of hydrogen-bond acceptors (Lipinski definition) is 2. The Kier molecular flexibility index (Phi) is 4.40. The fourth-order valence-electron chi connectivity index (χ4n) is 1.36. The smallest absolute Gasteiger partial charge is 0.373 e. The molecule has 9 heteroatoms. The number of ketones is 1. The molecule has 0 unspecified atom stereocenters. The van der Waals surface area contributed by atoms with E-state index in [-0.39, 0.29) is 5.02 Å². The first kappa shape index (κ1) is 16.8. The van der Waals surface area contributed by atoms with Gasteiger partial charge in [-0.05, 0) is 12.1 Å². The fraction of sp³-hybridized carbons (Fsp3) is 0.364. The molecule has 0 bridgehead atoms. The van der Waals surface area contributed by atoms with Crippen LogP contribution >= 0.6 is 11.6 Å². The summed E-state index contributed by atoms with van der Waals surface area (Å²) in [6.07, 6.45) is -14.2. The van der Waals surface area contributed by atoms with Gasteiger partial charge in [-0.2, -0.15) is 26.3 Å². The Morgan fingerprint density at radius 1 is 1.10 bits per heavy atom. The fourth-order valence-corrected chi connectivity index (χ4v) is 1.55. The summed E-state index contributed by atoms with van der Waals surface area (Å²) in [5, 5.41) is 8.85. The number of benzene rings is 1. The quantitative estimate of drug-likeness (QED) is 0.680. The van der Waals surface area contributed by atoms with E-state index in [1.807, 2.05) is 0 Å². The van der Waals surface area contributed by atoms with Crippen LogP contribution in [0.4, 0.5) is 26.3 Å². The number of carbonyl (C=O) groups excluding carboxylic acids is 1. The van der Waals surface area contributed by atoms with E-state index in [1.165, 1.54) is 12.1 Å². The minimum absolute atomic E-state index is 0.0293. The maximum absolute atomic E-state index is 12.4. The summed E-state index contributed by atoms with van der Waals surface area (Å²) in [5.74, 6) is -1.52. The Morgan fingerprint density at radius 2 is 1.60 bits per heavy atom. The third kappa shape index (κ3) is 3.24. The lowest BCUT2D eigenvalue weighted by molar-refractivity contribution is -0.365. The molecule has 0 fully saturated rings. The van der Waals surface area contributed by atoms with Crippen LogP contribution < -0.4 is 0 Å². The Labute approximate surface area is 114 Å². The highest BCUT2D eigenvalue weighted by molar-refractivity contribution is 6.31. The van der Waals surface area contributed by atoms with Gasteiger partial charge in [0.1, 0.15) is 0 Å². The van der Waals surface area contributed by atoms with E-state index >= 15 is 0 Å². The van der Waals surface area contributed by atoms with Crippen molar-refractivity contribution in [1.29, 1.82) is 0 Å². The van der Waals surface area contributed by atoms with Crippen molar-refractivity contribution in [2.24, 2.45) is 0 Å². The Morgan fingerprint density at radius 3 is 2.00 bits per heavy atom. The first-order chi connectivity index (χ1) is 8.88. The number of rotatable bonds is 3. The lowest BCUT2D eigenvalue weighted by Crippen LogP contribution is -2.57. The van der Waals surface area contributed by atoms with Crippen LogP contribution in [-0.2, 0) is 0 Å². The number of halogens is 7. The van der Waals surface area contributed by atoms with Gasteiger partial charge in [0.25, 0.3) is 5.60 Å².